The minimum absolute atomic E-state index is 0.209. The molecule has 2 aliphatic rings. The van der Waals surface area contributed by atoms with Crippen molar-refractivity contribution in [2.24, 2.45) is 0 Å². The number of ether oxygens (including phenoxy) is 1. The summed E-state index contributed by atoms with van der Waals surface area (Å²) in [7, 11) is -1.55. The molecule has 0 aromatic heterocycles. The molecule has 2 aliphatic heterocycles. The molecule has 2 amide bonds. The van der Waals surface area contributed by atoms with E-state index in [1.165, 1.54) is 0 Å². The van der Waals surface area contributed by atoms with Crippen molar-refractivity contribution in [1.29, 1.82) is 0 Å². The molecule has 0 aliphatic carbocycles. The van der Waals surface area contributed by atoms with Crippen molar-refractivity contribution < 1.29 is 18.5 Å². The van der Waals surface area contributed by atoms with E-state index in [1.807, 2.05) is 30.3 Å². The van der Waals surface area contributed by atoms with Crippen molar-refractivity contribution in [3.8, 4) is 0 Å². The molecule has 5 rings (SSSR count). The highest BCUT2D eigenvalue weighted by Crippen LogP contribution is 2.36. The number of morpholine rings is 1. The van der Waals surface area contributed by atoms with Gasteiger partial charge in [0.2, 0.25) is 0 Å². The number of fused-ring (bicyclic) bond motifs is 2. The number of hydrogen-bond acceptors (Lipinski definition) is 5. The number of amides is 2. The second-order valence-corrected chi connectivity index (χ2v) is 10.3. The van der Waals surface area contributed by atoms with Crippen LogP contribution in [-0.4, -0.2) is 60.3 Å². The van der Waals surface area contributed by atoms with E-state index in [0.717, 1.165) is 44.8 Å². The van der Waals surface area contributed by atoms with Gasteiger partial charge in [-0.15, -0.1) is 0 Å². The molecule has 186 valence electrons. The molecule has 0 radical (unpaired) electrons. The molecule has 8 heteroatoms. The van der Waals surface area contributed by atoms with Crippen LogP contribution in [0.3, 0.4) is 0 Å². The number of anilines is 1. The minimum atomic E-state index is -1.55. The molecule has 1 saturated heterocycles. The second-order valence-electron chi connectivity index (χ2n) is 8.89. The van der Waals surface area contributed by atoms with Crippen LogP contribution in [0, 0.1) is 0 Å². The van der Waals surface area contributed by atoms with Gasteiger partial charge in [-0.1, -0.05) is 42.5 Å². The van der Waals surface area contributed by atoms with Gasteiger partial charge >= 0.3 is 0 Å². The molecule has 0 saturated carbocycles. The van der Waals surface area contributed by atoms with E-state index in [4.69, 9.17) is 4.74 Å². The summed E-state index contributed by atoms with van der Waals surface area (Å²) in [6, 6.07) is 21.8. The molecule has 1 fully saturated rings. The summed E-state index contributed by atoms with van der Waals surface area (Å²) in [5.41, 5.74) is 2.30. The topological polar surface area (TPSA) is 79.0 Å². The molecule has 3 aromatic rings. The summed E-state index contributed by atoms with van der Waals surface area (Å²) in [5.74, 6) is -0.441. The Hall–Kier alpha value is -3.33. The van der Waals surface area contributed by atoms with Gasteiger partial charge < -0.3 is 15.0 Å². The van der Waals surface area contributed by atoms with Gasteiger partial charge in [0.05, 0.1) is 51.6 Å². The molecular formula is C28H29N3O4S. The number of nitrogens with zero attached hydrogens (tertiary/aromatic N) is 2. The lowest BCUT2D eigenvalue weighted by Crippen LogP contribution is -2.38. The average Bonchev–Trinajstić information content (AvgIpc) is 3.01. The van der Waals surface area contributed by atoms with E-state index in [2.05, 4.69) is 10.2 Å². The van der Waals surface area contributed by atoms with Crippen molar-refractivity contribution in [3.63, 3.8) is 0 Å². The molecule has 3 aromatic carbocycles. The van der Waals surface area contributed by atoms with Crippen molar-refractivity contribution in [2.75, 3.05) is 44.3 Å². The van der Waals surface area contributed by atoms with E-state index >= 15 is 0 Å². The zero-order valence-corrected chi connectivity index (χ0v) is 20.8. The summed E-state index contributed by atoms with van der Waals surface area (Å²) in [4.78, 5) is 31.6. The maximum atomic E-state index is 13.7. The number of rotatable bonds is 7. The molecule has 7 nitrogen and oxygen atoms in total. The van der Waals surface area contributed by atoms with Crippen LogP contribution in [0.4, 0.5) is 5.69 Å². The maximum Gasteiger partial charge on any atom is 0.259 e. The molecule has 0 unspecified atom stereocenters. The summed E-state index contributed by atoms with van der Waals surface area (Å²) in [5, 5.41) is 2.99. The predicted octanol–water partition coefficient (Wildman–Crippen LogP) is 3.47. The number of nitrogens with one attached hydrogen (secondary N) is 1. The molecule has 2 heterocycles. The number of carbonyl (C=O) groups is 2. The van der Waals surface area contributed by atoms with Crippen LogP contribution in [-0.2, 0) is 22.1 Å². The fraction of sp³-hybridized carbons (Fsp3) is 0.286. The Bertz CT molecular complexity index is 1270. The highest BCUT2D eigenvalue weighted by atomic mass is 32.2. The van der Waals surface area contributed by atoms with Crippen LogP contribution < -0.4 is 10.2 Å². The number of carbonyl (C=O) groups excluding carboxylic acids is 2. The van der Waals surface area contributed by atoms with Crippen LogP contribution in [0.15, 0.2) is 82.6 Å². The Morgan fingerprint density at radius 3 is 2.50 bits per heavy atom. The first kappa shape index (κ1) is 24.4. The smallest absolute Gasteiger partial charge is 0.259 e. The fourth-order valence-electron chi connectivity index (χ4n) is 4.56. The summed E-state index contributed by atoms with van der Waals surface area (Å²) in [6.45, 7) is 5.12. The lowest BCUT2D eigenvalue weighted by Gasteiger charge is -2.26. The van der Waals surface area contributed by atoms with Crippen LogP contribution in [0.5, 0.6) is 0 Å². The Morgan fingerprint density at radius 1 is 0.944 bits per heavy atom. The van der Waals surface area contributed by atoms with Crippen molar-refractivity contribution in [3.05, 3.63) is 89.5 Å². The zero-order chi connectivity index (χ0) is 24.9. The van der Waals surface area contributed by atoms with Crippen molar-refractivity contribution in [2.45, 2.75) is 22.8 Å². The van der Waals surface area contributed by atoms with Gasteiger partial charge in [0.25, 0.3) is 11.8 Å². The van der Waals surface area contributed by atoms with Crippen LogP contribution in [0.1, 0.15) is 32.7 Å². The Labute approximate surface area is 213 Å². The van der Waals surface area contributed by atoms with E-state index in [9.17, 15) is 13.8 Å². The summed E-state index contributed by atoms with van der Waals surface area (Å²) < 4.78 is 18.9. The first-order valence-corrected chi connectivity index (χ1v) is 13.4. The molecule has 1 atom stereocenters. The first-order valence-electron chi connectivity index (χ1n) is 12.2. The quantitative estimate of drug-likeness (QED) is 0.500. The monoisotopic (exact) mass is 503 g/mol. The Kier molecular flexibility index (Phi) is 7.55. The SMILES string of the molecule is O=C(NCCCN1CCOCC1)c1ccc2c(c1)N(Cc1ccccc1)C(=O)c1ccccc1[S@@]2=O. The normalized spacial score (nSPS) is 17.7. The third kappa shape index (κ3) is 5.26. The van der Waals surface area contributed by atoms with Gasteiger partial charge in [0.1, 0.15) is 0 Å². The van der Waals surface area contributed by atoms with Gasteiger partial charge in [-0.05, 0) is 48.9 Å². The van der Waals surface area contributed by atoms with Crippen molar-refractivity contribution >= 4 is 28.3 Å². The van der Waals surface area contributed by atoms with E-state index in [-0.39, 0.29) is 11.8 Å². The van der Waals surface area contributed by atoms with E-state index in [0.29, 0.717) is 39.7 Å². The van der Waals surface area contributed by atoms with Crippen LogP contribution in [0.25, 0.3) is 0 Å². The molecule has 0 spiro atoms. The lowest BCUT2D eigenvalue weighted by atomic mass is 10.1. The highest BCUT2D eigenvalue weighted by molar-refractivity contribution is 7.85. The van der Waals surface area contributed by atoms with Gasteiger partial charge in [-0.3, -0.25) is 14.5 Å². The number of hydrogen-bond donors (Lipinski definition) is 1. The summed E-state index contributed by atoms with van der Waals surface area (Å²) in [6.07, 6.45) is 0.842. The van der Waals surface area contributed by atoms with Crippen molar-refractivity contribution in [1.82, 2.24) is 10.2 Å². The van der Waals surface area contributed by atoms with Gasteiger partial charge in [0.15, 0.2) is 0 Å². The van der Waals surface area contributed by atoms with Gasteiger partial charge in [0, 0.05) is 25.2 Å². The van der Waals surface area contributed by atoms with Crippen LogP contribution >= 0.6 is 0 Å². The van der Waals surface area contributed by atoms with Crippen LogP contribution in [0.2, 0.25) is 0 Å². The van der Waals surface area contributed by atoms with E-state index < -0.39 is 10.8 Å². The third-order valence-corrected chi connectivity index (χ3v) is 8.00. The average molecular weight is 504 g/mol. The molecule has 0 bridgehead atoms. The van der Waals surface area contributed by atoms with Gasteiger partial charge in [-0.25, -0.2) is 4.21 Å². The van der Waals surface area contributed by atoms with Gasteiger partial charge in [-0.2, -0.15) is 0 Å². The zero-order valence-electron chi connectivity index (χ0n) is 20.0. The molecule has 36 heavy (non-hydrogen) atoms. The third-order valence-electron chi connectivity index (χ3n) is 6.50. The van der Waals surface area contributed by atoms with E-state index in [1.54, 1.807) is 47.4 Å². The standard InChI is InChI=1S/C28H29N3O4S/c32-27(29-13-6-14-30-15-17-35-18-16-30)22-11-12-26-24(19-22)31(20-21-7-2-1-3-8-21)28(33)23-9-4-5-10-25(23)36(26)34/h1-5,7-12,19H,6,13-18,20H2,(H,29,32)/t36-/m0/s1. The predicted molar refractivity (Wildman–Crippen MR) is 139 cm³/mol. The molecule has 1 N–H and O–H groups in total. The lowest BCUT2D eigenvalue weighted by molar-refractivity contribution is 0.0374. The maximum absolute atomic E-state index is 13.7. The highest BCUT2D eigenvalue weighted by Gasteiger charge is 2.31. The molecular weight excluding hydrogens is 474 g/mol. The Morgan fingerprint density at radius 2 is 1.69 bits per heavy atom. The summed E-state index contributed by atoms with van der Waals surface area (Å²) >= 11 is 0. The minimum Gasteiger partial charge on any atom is -0.379 e. The first-order chi connectivity index (χ1) is 17.6. The largest absolute Gasteiger partial charge is 0.379 e. The fourth-order valence-corrected chi connectivity index (χ4v) is 5.90. The second kappa shape index (κ2) is 11.2. The Balaban J connectivity index is 1.39. The number of benzene rings is 3.